The third-order valence-corrected chi connectivity index (χ3v) is 17.9. The van der Waals surface area contributed by atoms with E-state index in [0.717, 1.165) is 58.9 Å². The number of benzene rings is 5. The summed E-state index contributed by atoms with van der Waals surface area (Å²) in [4.78, 5) is 7.26. The van der Waals surface area contributed by atoms with E-state index in [1.165, 1.54) is 37.3 Å². The average Bonchev–Trinajstić information content (AvgIpc) is 1.82. The van der Waals surface area contributed by atoms with E-state index in [4.69, 9.17) is 22.1 Å². The zero-order chi connectivity index (χ0) is 62.0. The van der Waals surface area contributed by atoms with Crippen LogP contribution < -0.4 is 9.47 Å². The third-order valence-electron chi connectivity index (χ3n) is 11.6. The van der Waals surface area contributed by atoms with Crippen LogP contribution in [0.25, 0.3) is 37.7 Å². The number of fused-ring (bicyclic) bond motifs is 6. The third kappa shape index (κ3) is 15.0. The molecule has 0 amide bonds. The van der Waals surface area contributed by atoms with E-state index in [-0.39, 0.29) is 119 Å². The Labute approximate surface area is 485 Å². The molecule has 5 aromatic carbocycles. The van der Waals surface area contributed by atoms with Crippen molar-refractivity contribution in [1.82, 2.24) is 14.4 Å². The molecule has 0 aliphatic carbocycles. The lowest BCUT2D eigenvalue weighted by Crippen LogP contribution is -2.08. The van der Waals surface area contributed by atoms with Gasteiger partial charge in [-0.25, -0.2) is 9.97 Å². The summed E-state index contributed by atoms with van der Waals surface area (Å²) < 4.78 is 205. The van der Waals surface area contributed by atoms with Crippen LogP contribution in [0.5, 0.6) is 17.4 Å². The number of thiazole rings is 1. The van der Waals surface area contributed by atoms with Gasteiger partial charge in [0.15, 0.2) is 17.1 Å². The largest absolute Gasteiger partial charge is 0.493 e. The molecule has 0 spiro atoms. The van der Waals surface area contributed by atoms with Gasteiger partial charge in [-0.3, -0.25) is 27.2 Å². The van der Waals surface area contributed by atoms with E-state index >= 15 is 0 Å². The van der Waals surface area contributed by atoms with Gasteiger partial charge < -0.3 is 14.6 Å². The number of nitrogens with zero attached hydrogens (tertiary/aromatic N) is 10. The second-order valence-corrected chi connectivity index (χ2v) is 27.2. The second kappa shape index (κ2) is 24.9. The van der Waals surface area contributed by atoms with Crippen LogP contribution in [0.4, 0.5) is 33.6 Å². The number of methoxy groups -OCH3 is 1. The molecule has 3 aromatic heterocycles. The Hall–Kier alpha value is -7.59. The second-order valence-electron chi connectivity index (χ2n) is 17.4. The molecule has 0 bridgehead atoms. The highest BCUT2D eigenvalue weighted by Crippen LogP contribution is 2.45. The Morgan fingerprint density at radius 3 is 1.89 bits per heavy atom. The van der Waals surface area contributed by atoms with Gasteiger partial charge in [0, 0.05) is 21.9 Å². The number of rotatable bonds is 20. The molecule has 0 aliphatic heterocycles. The fraction of sp³-hybridized carbons (Fsp3) is 0.222. The van der Waals surface area contributed by atoms with E-state index in [2.05, 4.69) is 40.7 Å². The van der Waals surface area contributed by atoms with Gasteiger partial charge in [-0.2, -0.15) is 52.5 Å². The van der Waals surface area contributed by atoms with Crippen molar-refractivity contribution in [3.8, 4) is 23.4 Å². The van der Waals surface area contributed by atoms with Gasteiger partial charge in [0.1, 0.15) is 43.9 Å². The van der Waals surface area contributed by atoms with Crippen LogP contribution in [0.3, 0.4) is 0 Å². The first kappa shape index (κ1) is 64.0. The standard InChI is InChI=1S/C45H40N10O18S7.O3S/c1-22-15-31(51-53-38-24(3)28(21-46)43-47-39-33(55(43)44(38)56)9-10-36(41(39)72-4)79(66,67)68)34(73-11-5-13-76(57,58)59)19-29(22)49-52-32-16-23(2)30(20-35(32)74-12-6-14-77(60,61)62)50-54-45-48-40-37(80(69,70)71)17-25-7-8-26(78(63,64)65)18-27(25)42(40)75-45;1-4(2)3/h7-10,15-20,56H,5-6,11-14H2,1-4H3,(H,57,58,59)(H,60,61,62)(H,63,64,65)(H,66,67,68)(H,69,70,71);. The molecule has 39 heteroatoms. The molecule has 0 aliphatic rings. The normalized spacial score (nSPS) is 12.7. The van der Waals surface area contributed by atoms with Gasteiger partial charge in [-0.05, 0) is 104 Å². The zero-order valence-electron chi connectivity index (χ0n) is 43.1. The molecule has 31 nitrogen and oxygen atoms in total. The Morgan fingerprint density at radius 1 is 0.690 bits per heavy atom. The van der Waals surface area contributed by atoms with E-state index in [1.54, 1.807) is 19.9 Å². The Bertz CT molecular complexity index is 4890. The molecule has 0 saturated carbocycles. The molecule has 3 heterocycles. The molecular formula is C45H40N10O21S8. The van der Waals surface area contributed by atoms with Crippen molar-refractivity contribution in [2.75, 3.05) is 31.0 Å². The highest BCUT2D eigenvalue weighted by molar-refractivity contribution is 7.99. The van der Waals surface area contributed by atoms with Crippen molar-refractivity contribution in [3.63, 3.8) is 0 Å². The average molecular weight is 1310 g/mol. The number of imidazole rings is 1. The van der Waals surface area contributed by atoms with E-state index in [0.29, 0.717) is 16.0 Å². The lowest BCUT2D eigenvalue weighted by molar-refractivity contribution is 0.317. The Balaban J connectivity index is 0.00000245. The maximum atomic E-state index is 12.5. The smallest absolute Gasteiger partial charge is 0.425 e. The molecule has 6 N–H and O–H groups in total. The molecule has 0 unspecified atom stereocenters. The van der Waals surface area contributed by atoms with Crippen LogP contribution in [0, 0.1) is 32.1 Å². The van der Waals surface area contributed by atoms with Crippen LogP contribution in [-0.4, -0.2) is 128 Å². The van der Waals surface area contributed by atoms with Crippen molar-refractivity contribution in [3.05, 3.63) is 82.9 Å². The molecule has 8 aromatic rings. The first-order valence-electron chi connectivity index (χ1n) is 23.0. The van der Waals surface area contributed by atoms with E-state index in [1.807, 2.05) is 6.07 Å². The maximum absolute atomic E-state index is 12.5. The van der Waals surface area contributed by atoms with Crippen molar-refractivity contribution in [2.45, 2.75) is 53.2 Å². The number of aromatic nitrogens is 3. The van der Waals surface area contributed by atoms with Crippen LogP contribution in [0.1, 0.15) is 35.1 Å². The number of aromatic hydroxyl groups is 1. The number of hydrogen-bond acceptors (Lipinski definition) is 27. The summed E-state index contributed by atoms with van der Waals surface area (Å²) in [6.07, 6.45) is -0.207. The molecule has 0 atom stereocenters. The SMILES string of the molecule is COc1c(S(=O)(=O)O)ccc2c1nc1c(C#N)c(C)c(N=Nc3cc(C)c(N=Nc4cc(C)c(N=Nc5nc6c(S(=O)(=O)O)cc7ccc(S(=O)(=O)O)cc7c6s5)cc4SCCCS(=O)(=O)O)cc3OCCCS(=O)(=O)O)c(O)n12.O=S(=O)=O. The summed E-state index contributed by atoms with van der Waals surface area (Å²) in [5, 5.41) is 48.2. The summed E-state index contributed by atoms with van der Waals surface area (Å²) in [7, 11) is -25.1. The lowest BCUT2D eigenvalue weighted by Gasteiger charge is -2.12. The number of nitriles is 1. The molecule has 444 valence electrons. The summed E-state index contributed by atoms with van der Waals surface area (Å²) in [5.74, 6) is -2.15. The fourth-order valence-electron chi connectivity index (χ4n) is 7.90. The van der Waals surface area contributed by atoms with Gasteiger partial charge in [0.25, 0.3) is 50.6 Å². The maximum Gasteiger partial charge on any atom is 0.425 e. The summed E-state index contributed by atoms with van der Waals surface area (Å²) in [6, 6.07) is 14.6. The first-order chi connectivity index (χ1) is 39.1. The number of hydrogen-bond donors (Lipinski definition) is 6. The minimum Gasteiger partial charge on any atom is -0.493 e. The quantitative estimate of drug-likeness (QED) is 0.0180. The van der Waals surface area contributed by atoms with Crippen LogP contribution in [-0.2, 0) is 61.2 Å². The molecule has 8 rings (SSSR count). The van der Waals surface area contributed by atoms with Crippen molar-refractivity contribution in [1.29, 1.82) is 5.26 Å². The summed E-state index contributed by atoms with van der Waals surface area (Å²) in [6.45, 7) is 4.39. The van der Waals surface area contributed by atoms with Gasteiger partial charge in [-0.15, -0.1) is 50.0 Å². The first-order valence-corrected chi connectivity index (χ1v) is 33.4. The van der Waals surface area contributed by atoms with E-state index < -0.39 is 93.3 Å². The topological polar surface area (TPSA) is 490 Å². The monoisotopic (exact) mass is 1310 g/mol. The minimum absolute atomic E-state index is 0.0121. The lowest BCUT2D eigenvalue weighted by atomic mass is 10.1. The van der Waals surface area contributed by atoms with E-state index in [9.17, 15) is 75.2 Å². The highest BCUT2D eigenvalue weighted by atomic mass is 32.2. The van der Waals surface area contributed by atoms with Crippen molar-refractivity contribution >= 4 is 156 Å². The minimum atomic E-state index is -4.88. The number of azo groups is 3. The number of thioether (sulfide) groups is 1. The molecular weight excluding hydrogens is 1270 g/mol. The van der Waals surface area contributed by atoms with Gasteiger partial charge in [0.05, 0.1) is 57.4 Å². The number of aryl methyl sites for hydroxylation is 2. The van der Waals surface area contributed by atoms with Crippen molar-refractivity contribution < 1.29 is 92.1 Å². The molecule has 84 heavy (non-hydrogen) atoms. The number of ether oxygens (including phenoxy) is 2. The van der Waals surface area contributed by atoms with Crippen LogP contribution >= 0.6 is 23.1 Å². The van der Waals surface area contributed by atoms with Gasteiger partial charge >= 0.3 is 10.6 Å². The van der Waals surface area contributed by atoms with Gasteiger partial charge in [0.2, 0.25) is 11.0 Å². The molecule has 0 radical (unpaired) electrons. The van der Waals surface area contributed by atoms with Crippen LogP contribution in [0.2, 0.25) is 0 Å². The summed E-state index contributed by atoms with van der Waals surface area (Å²) >= 11 is 1.90. The Morgan fingerprint density at radius 2 is 1.29 bits per heavy atom. The Kier molecular flexibility index (Phi) is 19.0. The highest BCUT2D eigenvalue weighted by Gasteiger charge is 2.27. The predicted molar refractivity (Wildman–Crippen MR) is 300 cm³/mol. The van der Waals surface area contributed by atoms with Crippen molar-refractivity contribution in [2.24, 2.45) is 30.7 Å². The fourth-order valence-corrected chi connectivity index (χ4v) is 12.9. The van der Waals surface area contributed by atoms with Gasteiger partial charge in [-0.1, -0.05) is 17.4 Å². The zero-order valence-corrected chi connectivity index (χ0v) is 49.6. The predicted octanol–water partition coefficient (Wildman–Crippen LogP) is 8.77. The number of pyridine rings is 1. The molecule has 0 saturated heterocycles. The summed E-state index contributed by atoms with van der Waals surface area (Å²) in [5.41, 5.74) is 0.642. The molecule has 0 fully saturated rings. The van der Waals surface area contributed by atoms with Crippen LogP contribution in [0.15, 0.2) is 111 Å².